The van der Waals surface area contributed by atoms with E-state index in [0.717, 1.165) is 27.0 Å². The maximum Gasteiger partial charge on any atom is 0.304 e. The average molecular weight is 590 g/mol. The fourth-order valence-corrected chi connectivity index (χ4v) is 7.84. The van der Waals surface area contributed by atoms with Crippen molar-refractivity contribution in [2.45, 2.75) is 63.6 Å². The minimum absolute atomic E-state index is 0.0142. The van der Waals surface area contributed by atoms with Gasteiger partial charge in [0.05, 0.1) is 29.0 Å². The van der Waals surface area contributed by atoms with E-state index in [2.05, 4.69) is 15.3 Å². The van der Waals surface area contributed by atoms with Gasteiger partial charge in [0, 0.05) is 30.1 Å². The fourth-order valence-electron chi connectivity index (χ4n) is 4.93. The summed E-state index contributed by atoms with van der Waals surface area (Å²) in [6.07, 6.45) is 2.92. The molecular formula is C26H28ClN5O5S2. The zero-order chi connectivity index (χ0) is 27.9. The zero-order valence-electron chi connectivity index (χ0n) is 21.7. The van der Waals surface area contributed by atoms with E-state index >= 15 is 0 Å². The molecule has 10 nitrogen and oxygen atoms in total. The highest BCUT2D eigenvalue weighted by atomic mass is 35.5. The van der Waals surface area contributed by atoms with E-state index in [-0.39, 0.29) is 36.3 Å². The molecule has 0 saturated heterocycles. The van der Waals surface area contributed by atoms with Crippen LogP contribution < -0.4 is 4.74 Å². The minimum Gasteiger partial charge on any atom is -0.488 e. The number of hydrogen-bond donors (Lipinski definition) is 1. The van der Waals surface area contributed by atoms with Crippen molar-refractivity contribution < 1.29 is 23.1 Å². The van der Waals surface area contributed by atoms with Gasteiger partial charge >= 0.3 is 5.97 Å². The molecule has 4 heterocycles. The van der Waals surface area contributed by atoms with E-state index in [1.165, 1.54) is 28.0 Å². The van der Waals surface area contributed by atoms with Crippen molar-refractivity contribution in [3.63, 3.8) is 0 Å². The van der Waals surface area contributed by atoms with Crippen LogP contribution >= 0.6 is 22.9 Å². The summed E-state index contributed by atoms with van der Waals surface area (Å²) in [4.78, 5) is 16.7. The lowest BCUT2D eigenvalue weighted by Gasteiger charge is -2.22. The molecule has 0 aliphatic carbocycles. The minimum atomic E-state index is -3.91. The Morgan fingerprint density at radius 1 is 1.31 bits per heavy atom. The maximum absolute atomic E-state index is 13.6. The Bertz CT molecular complexity index is 1650. The molecule has 2 atom stereocenters. The number of carbonyl (C=O) groups is 1. The van der Waals surface area contributed by atoms with Crippen LogP contribution in [0.4, 0.5) is 0 Å². The third-order valence-corrected chi connectivity index (χ3v) is 10.4. The summed E-state index contributed by atoms with van der Waals surface area (Å²) in [7, 11) is -3.91. The Morgan fingerprint density at radius 2 is 2.10 bits per heavy atom. The molecule has 0 fully saturated rings. The predicted molar refractivity (Wildman–Crippen MR) is 148 cm³/mol. The van der Waals surface area contributed by atoms with Crippen LogP contribution in [0.15, 0.2) is 41.6 Å². The second-order valence-corrected chi connectivity index (χ2v) is 13.0. The number of thiophene rings is 1. The zero-order valence-corrected chi connectivity index (χ0v) is 24.1. The predicted octanol–water partition coefficient (Wildman–Crippen LogP) is 4.84. The Labute approximate surface area is 235 Å². The number of nitrogens with zero attached hydrogens (tertiary/aromatic N) is 5. The molecule has 39 heavy (non-hydrogen) atoms. The van der Waals surface area contributed by atoms with Gasteiger partial charge in [0.15, 0.2) is 0 Å². The lowest BCUT2D eigenvalue weighted by atomic mass is 9.89. The molecule has 1 aromatic carbocycles. The quantitative estimate of drug-likeness (QED) is 0.309. The van der Waals surface area contributed by atoms with Crippen molar-refractivity contribution in [3.05, 3.63) is 62.6 Å². The number of carboxylic acids is 1. The largest absolute Gasteiger partial charge is 0.488 e. The molecule has 1 aliphatic heterocycles. The molecule has 3 aromatic heterocycles. The number of rotatable bonds is 8. The number of aliphatic carboxylic acids is 1. The third kappa shape index (κ3) is 5.13. The smallest absolute Gasteiger partial charge is 0.304 e. The van der Waals surface area contributed by atoms with E-state index < -0.39 is 21.9 Å². The first kappa shape index (κ1) is 27.5. The van der Waals surface area contributed by atoms with E-state index in [1.54, 1.807) is 10.7 Å². The molecular weight excluding hydrogens is 562 g/mol. The van der Waals surface area contributed by atoms with Crippen LogP contribution in [0, 0.1) is 6.92 Å². The Hall–Kier alpha value is -3.06. The van der Waals surface area contributed by atoms with E-state index in [1.807, 2.05) is 39.0 Å². The number of hydrogen-bond acceptors (Lipinski definition) is 8. The van der Waals surface area contributed by atoms with Gasteiger partial charge < -0.3 is 9.84 Å². The highest BCUT2D eigenvalue weighted by molar-refractivity contribution is 7.89. The van der Waals surface area contributed by atoms with Gasteiger partial charge in [-0.3, -0.25) is 9.78 Å². The van der Waals surface area contributed by atoms with E-state index in [4.69, 9.17) is 16.3 Å². The van der Waals surface area contributed by atoms with Crippen molar-refractivity contribution in [3.8, 4) is 5.75 Å². The van der Waals surface area contributed by atoms with Crippen LogP contribution in [0.5, 0.6) is 5.75 Å². The van der Waals surface area contributed by atoms with Crippen LogP contribution in [0.2, 0.25) is 4.34 Å². The topological polar surface area (TPSA) is 128 Å². The van der Waals surface area contributed by atoms with Crippen LogP contribution in [0.3, 0.4) is 0 Å². The maximum atomic E-state index is 13.6. The number of benzene rings is 1. The average Bonchev–Trinajstić information content (AvgIpc) is 3.47. The monoisotopic (exact) mass is 589 g/mol. The summed E-state index contributed by atoms with van der Waals surface area (Å²) in [6.45, 7) is 6.67. The van der Waals surface area contributed by atoms with Crippen LogP contribution in [0.25, 0.3) is 11.0 Å². The Morgan fingerprint density at radius 3 is 2.82 bits per heavy atom. The molecule has 0 bridgehead atoms. The van der Waals surface area contributed by atoms with Gasteiger partial charge in [-0.25, -0.2) is 13.1 Å². The lowest BCUT2D eigenvalue weighted by molar-refractivity contribution is -0.137. The number of carboxylic acid groups (broad SMARTS) is 1. The van der Waals surface area contributed by atoms with Gasteiger partial charge in [0.1, 0.15) is 22.3 Å². The van der Waals surface area contributed by atoms with Crippen LogP contribution in [-0.4, -0.2) is 56.4 Å². The number of ether oxygens (including phenoxy) is 1. The first-order chi connectivity index (χ1) is 18.6. The first-order valence-electron chi connectivity index (χ1n) is 12.6. The number of pyridine rings is 1. The number of fused-ring (bicyclic) bond motifs is 2. The molecule has 0 unspecified atom stereocenters. The molecule has 13 heteroatoms. The van der Waals surface area contributed by atoms with Gasteiger partial charge in [-0.15, -0.1) is 16.4 Å². The van der Waals surface area contributed by atoms with Crippen LogP contribution in [-0.2, 0) is 27.9 Å². The number of sulfonamides is 1. The van der Waals surface area contributed by atoms with Gasteiger partial charge in [0.2, 0.25) is 10.0 Å². The summed E-state index contributed by atoms with van der Waals surface area (Å²) in [5.41, 5.74) is 3.88. The highest BCUT2D eigenvalue weighted by Crippen LogP contribution is 2.41. The molecule has 0 amide bonds. The van der Waals surface area contributed by atoms with E-state index in [9.17, 15) is 18.3 Å². The summed E-state index contributed by atoms with van der Waals surface area (Å²) in [5.74, 6) is -1.17. The van der Waals surface area contributed by atoms with Crippen molar-refractivity contribution >= 4 is 50.0 Å². The molecule has 1 N–H and O–H groups in total. The molecule has 5 rings (SSSR count). The van der Waals surface area contributed by atoms with Crippen LogP contribution in [0.1, 0.15) is 54.2 Å². The van der Waals surface area contributed by atoms with Gasteiger partial charge in [0.25, 0.3) is 0 Å². The molecule has 1 aliphatic rings. The van der Waals surface area contributed by atoms with Crippen molar-refractivity contribution in [1.82, 2.24) is 24.3 Å². The second kappa shape index (κ2) is 10.8. The molecule has 0 spiro atoms. The van der Waals surface area contributed by atoms with Crippen molar-refractivity contribution in [2.75, 3.05) is 6.54 Å². The van der Waals surface area contributed by atoms with Gasteiger partial charge in [-0.2, -0.15) is 4.31 Å². The first-order valence-corrected chi connectivity index (χ1v) is 15.2. The fraction of sp³-hybridized carbons (Fsp3) is 0.385. The van der Waals surface area contributed by atoms with Crippen molar-refractivity contribution in [1.29, 1.82) is 0 Å². The molecule has 4 aromatic rings. The third-order valence-electron chi connectivity index (χ3n) is 7.02. The highest BCUT2D eigenvalue weighted by Gasteiger charge is 2.35. The Balaban J connectivity index is 1.53. The Kier molecular flexibility index (Phi) is 7.64. The summed E-state index contributed by atoms with van der Waals surface area (Å²) >= 11 is 7.94. The van der Waals surface area contributed by atoms with Gasteiger partial charge in [-0.05, 0) is 55.2 Å². The molecule has 0 saturated carbocycles. The number of aryl methyl sites for hydroxylation is 2. The summed E-state index contributed by atoms with van der Waals surface area (Å²) < 4.78 is 36.7. The summed E-state index contributed by atoms with van der Waals surface area (Å²) in [6, 6.07) is 7.20. The summed E-state index contributed by atoms with van der Waals surface area (Å²) in [5, 5.41) is 18.3. The normalized spacial score (nSPS) is 17.9. The SMILES string of the molecule is CC[C@@H]1CN(Cc2cc([C@H](CC(=O)O)c3ccc4c(nnn4CC)c3C)sc2Cl)S(=O)(=O)c2cnccc2O1. The molecule has 0 radical (unpaired) electrons. The lowest BCUT2D eigenvalue weighted by Crippen LogP contribution is -2.36. The van der Waals surface area contributed by atoms with E-state index in [0.29, 0.717) is 22.9 Å². The van der Waals surface area contributed by atoms with Gasteiger partial charge in [-0.1, -0.05) is 29.8 Å². The number of aromatic nitrogens is 4. The standard InChI is InChI=1S/C26H28ClN5O5S2/c1-4-17-14-31(39(35,36)23-12-28-9-8-21(23)37-17)13-16-10-22(38-26(16)27)19(11-24(33)34)18-6-7-20-25(15(18)3)29-30-32(20)5-2/h6-10,12,17,19H,4-5,11,13-14H2,1-3H3,(H,33,34)/t17-,19-/m1/s1. The molecule has 206 valence electrons. The second-order valence-electron chi connectivity index (χ2n) is 9.42. The number of halogens is 1. The van der Waals surface area contributed by atoms with Crippen molar-refractivity contribution in [2.24, 2.45) is 0 Å².